The van der Waals surface area contributed by atoms with Crippen LogP contribution in [0.25, 0.3) is 0 Å². The van der Waals surface area contributed by atoms with Crippen LogP contribution in [0.3, 0.4) is 0 Å². The Morgan fingerprint density at radius 3 is 2.26 bits per heavy atom. The third-order valence-electron chi connectivity index (χ3n) is 3.65. The largest absolute Gasteiger partial charge is 0.497 e. The molecule has 1 unspecified atom stereocenters. The molecule has 0 aromatic heterocycles. The van der Waals surface area contributed by atoms with E-state index in [2.05, 4.69) is 26.0 Å². The van der Waals surface area contributed by atoms with Crippen molar-refractivity contribution in [3.8, 4) is 5.75 Å². The molecule has 0 aliphatic heterocycles. The van der Waals surface area contributed by atoms with Crippen LogP contribution < -0.4 is 4.74 Å². The van der Waals surface area contributed by atoms with E-state index < -0.39 is 0 Å². The van der Waals surface area contributed by atoms with Crippen molar-refractivity contribution >= 4 is 0 Å². The van der Waals surface area contributed by atoms with Gasteiger partial charge in [-0.1, -0.05) is 12.1 Å². The third kappa shape index (κ3) is 5.62. The summed E-state index contributed by atoms with van der Waals surface area (Å²) >= 11 is 0. The van der Waals surface area contributed by atoms with Crippen LogP contribution in [0.2, 0.25) is 0 Å². The summed E-state index contributed by atoms with van der Waals surface area (Å²) in [6.07, 6.45) is 2.80. The molecule has 0 fully saturated rings. The lowest BCUT2D eigenvalue weighted by molar-refractivity contribution is 0.00826. The second kappa shape index (κ2) is 7.51. The van der Waals surface area contributed by atoms with Gasteiger partial charge in [-0.05, 0) is 56.7 Å². The Morgan fingerprint density at radius 2 is 1.79 bits per heavy atom. The van der Waals surface area contributed by atoms with E-state index in [4.69, 9.17) is 9.47 Å². The number of hydrogen-bond donors (Lipinski definition) is 1. The van der Waals surface area contributed by atoms with Gasteiger partial charge in [0, 0.05) is 13.7 Å². The van der Waals surface area contributed by atoms with Crippen molar-refractivity contribution in [1.29, 1.82) is 0 Å². The summed E-state index contributed by atoms with van der Waals surface area (Å²) in [5.41, 5.74) is 1.11. The number of aliphatic hydroxyl groups is 1. The van der Waals surface area contributed by atoms with Crippen molar-refractivity contribution in [1.82, 2.24) is 0 Å². The lowest BCUT2D eigenvalue weighted by Crippen LogP contribution is -2.24. The summed E-state index contributed by atoms with van der Waals surface area (Å²) in [4.78, 5) is 0. The predicted molar refractivity (Wildman–Crippen MR) is 77.6 cm³/mol. The molecule has 1 atom stereocenters. The maximum atomic E-state index is 9.49. The lowest BCUT2D eigenvalue weighted by Gasteiger charge is -2.25. The van der Waals surface area contributed by atoms with Crippen LogP contribution in [0.1, 0.15) is 32.3 Å². The molecule has 0 aliphatic rings. The van der Waals surface area contributed by atoms with Gasteiger partial charge >= 0.3 is 0 Å². The Kier molecular flexibility index (Phi) is 6.32. The lowest BCUT2D eigenvalue weighted by atomic mass is 9.91. The molecular formula is C16H26O3. The summed E-state index contributed by atoms with van der Waals surface area (Å²) in [5.74, 6) is 1.15. The first kappa shape index (κ1) is 16.0. The van der Waals surface area contributed by atoms with Gasteiger partial charge in [0.2, 0.25) is 0 Å². The van der Waals surface area contributed by atoms with Gasteiger partial charge in [-0.2, -0.15) is 0 Å². The van der Waals surface area contributed by atoms with Crippen LogP contribution in [0.5, 0.6) is 5.75 Å². The first-order valence-electron chi connectivity index (χ1n) is 6.79. The average Bonchev–Trinajstić information content (AvgIpc) is 2.44. The van der Waals surface area contributed by atoms with Crippen LogP contribution in [0.15, 0.2) is 24.3 Å². The molecule has 108 valence electrons. The molecule has 0 saturated heterocycles. The molecule has 1 aromatic rings. The zero-order valence-corrected chi connectivity index (χ0v) is 12.5. The van der Waals surface area contributed by atoms with Crippen LogP contribution in [-0.2, 0) is 11.2 Å². The smallest absolute Gasteiger partial charge is 0.118 e. The van der Waals surface area contributed by atoms with Gasteiger partial charge in [0.1, 0.15) is 5.75 Å². The average molecular weight is 266 g/mol. The Balaban J connectivity index is 2.51. The van der Waals surface area contributed by atoms with Crippen LogP contribution >= 0.6 is 0 Å². The molecule has 0 saturated carbocycles. The van der Waals surface area contributed by atoms with Crippen molar-refractivity contribution in [3.63, 3.8) is 0 Å². The molecule has 1 aromatic carbocycles. The number of rotatable bonds is 8. The SMILES string of the molecule is COc1ccc(CC(CO)CCC(C)(C)OC)cc1. The Bertz CT molecular complexity index is 357. The second-order valence-electron chi connectivity index (χ2n) is 5.60. The number of ether oxygens (including phenoxy) is 2. The van der Waals surface area contributed by atoms with Gasteiger partial charge < -0.3 is 14.6 Å². The van der Waals surface area contributed by atoms with Gasteiger partial charge in [-0.3, -0.25) is 0 Å². The predicted octanol–water partition coefficient (Wildman–Crippen LogP) is 3.05. The van der Waals surface area contributed by atoms with Crippen molar-refractivity contribution in [3.05, 3.63) is 29.8 Å². The highest BCUT2D eigenvalue weighted by molar-refractivity contribution is 5.27. The van der Waals surface area contributed by atoms with Crippen LogP contribution in [-0.4, -0.2) is 31.5 Å². The second-order valence-corrected chi connectivity index (χ2v) is 5.60. The van der Waals surface area contributed by atoms with Gasteiger partial charge in [0.25, 0.3) is 0 Å². The van der Waals surface area contributed by atoms with E-state index in [1.165, 1.54) is 5.56 Å². The molecule has 3 nitrogen and oxygen atoms in total. The van der Waals surface area contributed by atoms with E-state index in [1.807, 2.05) is 12.1 Å². The molecule has 0 heterocycles. The molecular weight excluding hydrogens is 240 g/mol. The molecule has 1 N–H and O–H groups in total. The van der Waals surface area contributed by atoms with Gasteiger partial charge in [0.05, 0.1) is 12.7 Å². The van der Waals surface area contributed by atoms with Crippen molar-refractivity contribution < 1.29 is 14.6 Å². The van der Waals surface area contributed by atoms with E-state index in [9.17, 15) is 5.11 Å². The minimum Gasteiger partial charge on any atom is -0.497 e. The Hall–Kier alpha value is -1.06. The highest BCUT2D eigenvalue weighted by atomic mass is 16.5. The maximum Gasteiger partial charge on any atom is 0.118 e. The minimum absolute atomic E-state index is 0.118. The van der Waals surface area contributed by atoms with Crippen LogP contribution in [0, 0.1) is 5.92 Å². The fraction of sp³-hybridized carbons (Fsp3) is 0.625. The van der Waals surface area contributed by atoms with Gasteiger partial charge in [-0.15, -0.1) is 0 Å². The quantitative estimate of drug-likeness (QED) is 0.786. The molecule has 1 rings (SSSR count). The Labute approximate surface area is 116 Å². The van der Waals surface area contributed by atoms with Crippen molar-refractivity contribution in [2.45, 2.75) is 38.7 Å². The molecule has 0 aliphatic carbocycles. The topological polar surface area (TPSA) is 38.7 Å². The molecule has 0 radical (unpaired) electrons. The Morgan fingerprint density at radius 1 is 1.16 bits per heavy atom. The summed E-state index contributed by atoms with van der Waals surface area (Å²) in [7, 11) is 3.40. The van der Waals surface area contributed by atoms with Crippen LogP contribution in [0.4, 0.5) is 0 Å². The first-order valence-corrected chi connectivity index (χ1v) is 6.79. The van der Waals surface area contributed by atoms with Crippen molar-refractivity contribution in [2.75, 3.05) is 20.8 Å². The molecule has 0 bridgehead atoms. The summed E-state index contributed by atoms with van der Waals surface area (Å²) in [6.45, 7) is 4.37. The van der Waals surface area contributed by atoms with E-state index in [-0.39, 0.29) is 18.1 Å². The molecule has 0 amide bonds. The molecule has 3 heteroatoms. The fourth-order valence-electron chi connectivity index (χ4n) is 2.01. The summed E-state index contributed by atoms with van der Waals surface area (Å²) in [5, 5.41) is 9.49. The zero-order chi connectivity index (χ0) is 14.3. The number of aliphatic hydroxyl groups excluding tert-OH is 1. The highest BCUT2D eigenvalue weighted by Gasteiger charge is 2.19. The van der Waals surface area contributed by atoms with Crippen molar-refractivity contribution in [2.24, 2.45) is 5.92 Å². The van der Waals surface area contributed by atoms with E-state index in [0.29, 0.717) is 0 Å². The number of hydrogen-bond acceptors (Lipinski definition) is 3. The normalized spacial score (nSPS) is 13.3. The zero-order valence-electron chi connectivity index (χ0n) is 12.5. The van der Waals surface area contributed by atoms with Gasteiger partial charge in [0.15, 0.2) is 0 Å². The molecule has 0 spiro atoms. The monoisotopic (exact) mass is 266 g/mol. The highest BCUT2D eigenvalue weighted by Crippen LogP contribution is 2.22. The maximum absolute atomic E-state index is 9.49. The summed E-state index contributed by atoms with van der Waals surface area (Å²) in [6, 6.07) is 8.04. The standard InChI is InChI=1S/C16H26O3/c1-16(2,19-4)10-9-14(12-17)11-13-5-7-15(18-3)8-6-13/h5-8,14,17H,9-12H2,1-4H3. The number of methoxy groups -OCH3 is 2. The number of benzene rings is 1. The van der Waals surface area contributed by atoms with Gasteiger partial charge in [-0.25, -0.2) is 0 Å². The van der Waals surface area contributed by atoms with E-state index >= 15 is 0 Å². The summed E-state index contributed by atoms with van der Waals surface area (Å²) < 4.78 is 10.6. The fourth-order valence-corrected chi connectivity index (χ4v) is 2.01. The minimum atomic E-state index is -0.118. The third-order valence-corrected chi connectivity index (χ3v) is 3.65. The van der Waals surface area contributed by atoms with E-state index in [0.717, 1.165) is 25.0 Å². The first-order chi connectivity index (χ1) is 9.00. The molecule has 19 heavy (non-hydrogen) atoms. The van der Waals surface area contributed by atoms with E-state index in [1.54, 1.807) is 14.2 Å².